The van der Waals surface area contributed by atoms with Crippen LogP contribution in [0.1, 0.15) is 25.8 Å². The maximum Gasteiger partial charge on any atom is 0.326 e. The number of nitro groups is 1. The lowest BCUT2D eigenvalue weighted by atomic mass is 9.98. The summed E-state index contributed by atoms with van der Waals surface area (Å²) in [7, 11) is -4.14. The van der Waals surface area contributed by atoms with Gasteiger partial charge in [-0.05, 0) is 30.0 Å². The van der Waals surface area contributed by atoms with Gasteiger partial charge in [0.15, 0.2) is 0 Å². The number of carbonyl (C=O) groups is 2. The average Bonchev–Trinajstić information content (AvgIpc) is 2.79. The second-order valence-corrected chi connectivity index (χ2v) is 10.5. The zero-order valence-corrected chi connectivity index (χ0v) is 19.7. The molecule has 1 saturated heterocycles. The number of aliphatic carboxylic acids is 1. The predicted octanol–water partition coefficient (Wildman–Crippen LogP) is 2.54. The second-order valence-electron chi connectivity index (χ2n) is 8.59. The normalized spacial score (nSPS) is 18.1. The Bertz CT molecular complexity index is 1150. The molecule has 0 aromatic heterocycles. The van der Waals surface area contributed by atoms with E-state index < -0.39 is 38.9 Å². The molecule has 2 aromatic rings. The van der Waals surface area contributed by atoms with Crippen LogP contribution in [0.2, 0.25) is 0 Å². The Morgan fingerprint density at radius 1 is 1.12 bits per heavy atom. The SMILES string of the molecule is CC(C)C[C@H]1C(=O)N([C@@H](Cc2ccccc2)C(=O)O)CCN1S(=O)(=O)c1ccc([N+](=O)[O-])cc1. The first-order chi connectivity index (χ1) is 16.0. The van der Waals surface area contributed by atoms with Crippen LogP contribution in [0, 0.1) is 16.0 Å². The standard InChI is InChI=1S/C23H27N3O7S/c1-16(2)14-20-22(27)24(21(23(28)29)15-17-6-4-3-5-7-17)12-13-25(20)34(32,33)19-10-8-18(9-11-19)26(30)31/h3-11,16,20-21H,12-15H2,1-2H3,(H,28,29)/t20-,21-/m0/s1. The maximum atomic E-state index is 13.5. The van der Waals surface area contributed by atoms with E-state index in [9.17, 15) is 33.2 Å². The summed E-state index contributed by atoms with van der Waals surface area (Å²) in [6.45, 7) is 3.54. The van der Waals surface area contributed by atoms with Gasteiger partial charge < -0.3 is 10.0 Å². The molecule has 1 fully saturated rings. The third kappa shape index (κ3) is 5.42. The molecule has 2 atom stereocenters. The van der Waals surface area contributed by atoms with E-state index in [-0.39, 0.29) is 42.4 Å². The minimum Gasteiger partial charge on any atom is -0.480 e. The molecular weight excluding hydrogens is 462 g/mol. The molecule has 0 aliphatic carbocycles. The van der Waals surface area contributed by atoms with Crippen LogP contribution in [0.4, 0.5) is 5.69 Å². The highest BCUT2D eigenvalue weighted by Gasteiger charge is 2.45. The molecule has 1 aliphatic rings. The van der Waals surface area contributed by atoms with Crippen molar-refractivity contribution in [1.82, 2.24) is 9.21 Å². The molecule has 2 aromatic carbocycles. The Labute approximate surface area is 198 Å². The van der Waals surface area contributed by atoms with E-state index in [0.29, 0.717) is 0 Å². The zero-order valence-electron chi connectivity index (χ0n) is 18.9. The van der Waals surface area contributed by atoms with Crippen LogP contribution >= 0.6 is 0 Å². The molecule has 1 amide bonds. The van der Waals surface area contributed by atoms with E-state index >= 15 is 0 Å². The minimum atomic E-state index is -4.14. The zero-order chi connectivity index (χ0) is 25.0. The summed E-state index contributed by atoms with van der Waals surface area (Å²) in [4.78, 5) is 37.0. The Balaban J connectivity index is 1.92. The number of piperazine rings is 1. The van der Waals surface area contributed by atoms with Crippen molar-refractivity contribution in [3.8, 4) is 0 Å². The summed E-state index contributed by atoms with van der Waals surface area (Å²) >= 11 is 0. The van der Waals surface area contributed by atoms with Gasteiger partial charge >= 0.3 is 5.97 Å². The molecule has 0 spiro atoms. The van der Waals surface area contributed by atoms with E-state index in [1.54, 1.807) is 24.3 Å². The van der Waals surface area contributed by atoms with Gasteiger partial charge in [-0.1, -0.05) is 44.2 Å². The number of amides is 1. The van der Waals surface area contributed by atoms with Gasteiger partial charge in [-0.15, -0.1) is 0 Å². The van der Waals surface area contributed by atoms with Gasteiger partial charge in [0.1, 0.15) is 12.1 Å². The summed E-state index contributed by atoms with van der Waals surface area (Å²) in [5, 5.41) is 20.8. The topological polar surface area (TPSA) is 138 Å². The Morgan fingerprint density at radius 3 is 2.26 bits per heavy atom. The molecule has 34 heavy (non-hydrogen) atoms. The number of non-ortho nitro benzene ring substituents is 1. The molecule has 0 unspecified atom stereocenters. The van der Waals surface area contributed by atoms with E-state index in [4.69, 9.17) is 0 Å². The highest BCUT2D eigenvalue weighted by Crippen LogP contribution is 2.28. The highest BCUT2D eigenvalue weighted by molar-refractivity contribution is 7.89. The fraction of sp³-hybridized carbons (Fsp3) is 0.391. The van der Waals surface area contributed by atoms with E-state index in [2.05, 4.69) is 0 Å². The van der Waals surface area contributed by atoms with Gasteiger partial charge in [0.2, 0.25) is 15.9 Å². The van der Waals surface area contributed by atoms with Crippen LogP contribution in [0.5, 0.6) is 0 Å². The van der Waals surface area contributed by atoms with Crippen molar-refractivity contribution < 1.29 is 28.0 Å². The number of sulfonamides is 1. The monoisotopic (exact) mass is 489 g/mol. The van der Waals surface area contributed by atoms with Crippen LogP contribution in [-0.2, 0) is 26.0 Å². The van der Waals surface area contributed by atoms with Gasteiger partial charge in [-0.3, -0.25) is 14.9 Å². The highest BCUT2D eigenvalue weighted by atomic mass is 32.2. The van der Waals surface area contributed by atoms with Crippen molar-refractivity contribution in [2.75, 3.05) is 13.1 Å². The van der Waals surface area contributed by atoms with Crippen molar-refractivity contribution >= 4 is 27.6 Å². The number of carboxylic acids is 1. The smallest absolute Gasteiger partial charge is 0.326 e. The van der Waals surface area contributed by atoms with Crippen LogP contribution < -0.4 is 0 Å². The van der Waals surface area contributed by atoms with E-state index in [0.717, 1.165) is 34.1 Å². The first kappa shape index (κ1) is 25.3. The van der Waals surface area contributed by atoms with Crippen LogP contribution in [-0.4, -0.2) is 64.7 Å². The van der Waals surface area contributed by atoms with Gasteiger partial charge in [0.25, 0.3) is 5.69 Å². The quantitative estimate of drug-likeness (QED) is 0.422. The Kier molecular flexibility index (Phi) is 7.68. The molecule has 3 rings (SSSR count). The number of carboxylic acid groups (broad SMARTS) is 1. The molecule has 10 nitrogen and oxygen atoms in total. The predicted molar refractivity (Wildman–Crippen MR) is 124 cm³/mol. The maximum absolute atomic E-state index is 13.5. The number of nitro benzene ring substituents is 1. The molecule has 0 saturated carbocycles. The molecule has 11 heteroatoms. The third-order valence-corrected chi connectivity index (χ3v) is 7.68. The van der Waals surface area contributed by atoms with Crippen molar-refractivity contribution in [2.45, 2.75) is 43.7 Å². The summed E-state index contributed by atoms with van der Waals surface area (Å²) in [6, 6.07) is 11.2. The summed E-state index contributed by atoms with van der Waals surface area (Å²) in [6.07, 6.45) is 0.310. The van der Waals surface area contributed by atoms with Crippen LogP contribution in [0.15, 0.2) is 59.5 Å². The number of carbonyl (C=O) groups excluding carboxylic acids is 1. The largest absolute Gasteiger partial charge is 0.480 e. The molecule has 182 valence electrons. The van der Waals surface area contributed by atoms with Crippen molar-refractivity contribution in [1.29, 1.82) is 0 Å². The fourth-order valence-electron chi connectivity index (χ4n) is 4.09. The van der Waals surface area contributed by atoms with E-state index in [1.807, 2.05) is 19.9 Å². The molecular formula is C23H27N3O7S. The molecule has 1 heterocycles. The number of benzene rings is 2. The summed E-state index contributed by atoms with van der Waals surface area (Å²) < 4.78 is 27.8. The molecule has 1 N–H and O–H groups in total. The summed E-state index contributed by atoms with van der Waals surface area (Å²) in [5.74, 6) is -1.76. The lowest BCUT2D eigenvalue weighted by Gasteiger charge is -2.42. The number of hydrogen-bond donors (Lipinski definition) is 1. The molecule has 1 aliphatic heterocycles. The summed E-state index contributed by atoms with van der Waals surface area (Å²) in [5.41, 5.74) is 0.507. The van der Waals surface area contributed by atoms with E-state index in [1.165, 1.54) is 4.90 Å². The second kappa shape index (κ2) is 10.3. The van der Waals surface area contributed by atoms with Gasteiger partial charge in [0, 0.05) is 31.6 Å². The number of nitrogens with zero attached hydrogens (tertiary/aromatic N) is 3. The van der Waals surface area contributed by atoms with Crippen molar-refractivity contribution in [3.63, 3.8) is 0 Å². The van der Waals surface area contributed by atoms with Crippen LogP contribution in [0.25, 0.3) is 0 Å². The lowest BCUT2D eigenvalue weighted by Crippen LogP contribution is -2.62. The lowest BCUT2D eigenvalue weighted by molar-refractivity contribution is -0.384. The average molecular weight is 490 g/mol. The van der Waals surface area contributed by atoms with Gasteiger partial charge in [-0.2, -0.15) is 4.31 Å². The Hall–Kier alpha value is -3.31. The molecule has 0 radical (unpaired) electrons. The first-order valence-electron chi connectivity index (χ1n) is 10.9. The van der Waals surface area contributed by atoms with Crippen LogP contribution in [0.3, 0.4) is 0 Å². The van der Waals surface area contributed by atoms with Gasteiger partial charge in [0.05, 0.1) is 9.82 Å². The first-order valence-corrected chi connectivity index (χ1v) is 12.3. The number of hydrogen-bond acceptors (Lipinski definition) is 6. The Morgan fingerprint density at radius 2 is 1.74 bits per heavy atom. The third-order valence-electron chi connectivity index (χ3n) is 5.76. The number of rotatable bonds is 9. The fourth-order valence-corrected chi connectivity index (χ4v) is 5.68. The minimum absolute atomic E-state index is 0.0409. The van der Waals surface area contributed by atoms with Crippen molar-refractivity contribution in [3.05, 3.63) is 70.3 Å². The van der Waals surface area contributed by atoms with Gasteiger partial charge in [-0.25, -0.2) is 13.2 Å². The molecule has 0 bridgehead atoms. The van der Waals surface area contributed by atoms with Crippen molar-refractivity contribution in [2.24, 2.45) is 5.92 Å².